The van der Waals surface area contributed by atoms with E-state index in [4.69, 9.17) is 9.47 Å². The van der Waals surface area contributed by atoms with E-state index in [0.717, 1.165) is 11.3 Å². The number of fused-ring (bicyclic) bond motifs is 2. The molecule has 0 atom stereocenters. The van der Waals surface area contributed by atoms with Gasteiger partial charge in [-0.15, -0.1) is 0 Å². The van der Waals surface area contributed by atoms with E-state index in [0.29, 0.717) is 61.3 Å². The van der Waals surface area contributed by atoms with Crippen LogP contribution in [0.4, 0.5) is 26.8 Å². The van der Waals surface area contributed by atoms with Gasteiger partial charge in [-0.05, 0) is 54.0 Å². The van der Waals surface area contributed by atoms with Crippen molar-refractivity contribution >= 4 is 35.0 Å². The zero-order chi connectivity index (χ0) is 28.1. The number of rotatable bonds is 3. The van der Waals surface area contributed by atoms with Gasteiger partial charge in [-0.25, -0.2) is 24.1 Å². The van der Waals surface area contributed by atoms with Crippen molar-refractivity contribution in [3.63, 3.8) is 0 Å². The average molecular weight is 537 g/mol. The lowest BCUT2D eigenvalue weighted by atomic mass is 9.98. The smallest absolute Gasteiger partial charge is 0.410 e. The highest BCUT2D eigenvalue weighted by atomic mass is 16.6. The minimum atomic E-state index is -0.551. The molecule has 3 aromatic heterocycles. The average Bonchev–Trinajstić information content (AvgIpc) is 3.43. The molecule has 5 heterocycles. The summed E-state index contributed by atoms with van der Waals surface area (Å²) in [4.78, 5) is 40.9. The van der Waals surface area contributed by atoms with Crippen LogP contribution in [0.2, 0.25) is 0 Å². The molecule has 2 aliphatic heterocycles. The molecule has 12 nitrogen and oxygen atoms in total. The summed E-state index contributed by atoms with van der Waals surface area (Å²) in [5.74, 6) is 1.74. The molecule has 1 fully saturated rings. The van der Waals surface area contributed by atoms with Crippen LogP contribution in [0.3, 0.4) is 0 Å². The number of amides is 3. The van der Waals surface area contributed by atoms with Crippen molar-refractivity contribution in [3.05, 3.63) is 35.9 Å². The van der Waals surface area contributed by atoms with E-state index in [9.17, 15) is 9.59 Å². The molecule has 39 heavy (non-hydrogen) atoms. The molecule has 0 aliphatic carbocycles. The SMILES string of the molecule is COc1cn2nc(C)nc2cc1NC(=O)N1CCc2c(N3CCN(C(=O)OC(C)(C)C)C(C)(C)C3)ccnc21. The minimum absolute atomic E-state index is 0.299. The van der Waals surface area contributed by atoms with E-state index in [-0.39, 0.29) is 12.1 Å². The number of hydrogen-bond acceptors (Lipinski definition) is 8. The zero-order valence-electron chi connectivity index (χ0n) is 23.6. The van der Waals surface area contributed by atoms with Crippen LogP contribution < -0.4 is 19.9 Å². The summed E-state index contributed by atoms with van der Waals surface area (Å²) in [5.41, 5.74) is 2.17. The van der Waals surface area contributed by atoms with E-state index in [1.165, 1.54) is 0 Å². The number of nitrogens with zero attached hydrogens (tertiary/aromatic N) is 7. The summed E-state index contributed by atoms with van der Waals surface area (Å²) in [6.07, 6.45) is 3.80. The van der Waals surface area contributed by atoms with E-state index in [1.807, 2.05) is 40.7 Å². The van der Waals surface area contributed by atoms with Crippen molar-refractivity contribution in [2.45, 2.75) is 59.1 Å². The molecule has 5 rings (SSSR count). The van der Waals surface area contributed by atoms with Crippen LogP contribution in [0, 0.1) is 6.92 Å². The Morgan fingerprint density at radius 3 is 2.62 bits per heavy atom. The van der Waals surface area contributed by atoms with Crippen LogP contribution in [0.5, 0.6) is 5.75 Å². The van der Waals surface area contributed by atoms with E-state index in [1.54, 1.807) is 46.8 Å². The maximum absolute atomic E-state index is 13.4. The molecule has 0 radical (unpaired) electrons. The highest BCUT2D eigenvalue weighted by Gasteiger charge is 2.40. The predicted molar refractivity (Wildman–Crippen MR) is 148 cm³/mol. The van der Waals surface area contributed by atoms with Gasteiger partial charge in [-0.3, -0.25) is 9.80 Å². The molecule has 0 bridgehead atoms. The van der Waals surface area contributed by atoms with Gasteiger partial charge < -0.3 is 19.7 Å². The first-order valence-electron chi connectivity index (χ1n) is 13.1. The Hall–Kier alpha value is -4.09. The molecule has 0 aromatic carbocycles. The molecule has 12 heteroatoms. The highest BCUT2D eigenvalue weighted by molar-refractivity contribution is 6.04. The molecular weight excluding hydrogens is 500 g/mol. The number of carbonyl (C=O) groups excluding carboxylic acids is 2. The molecule has 3 amide bonds. The number of carbonyl (C=O) groups is 2. The monoisotopic (exact) mass is 536 g/mol. The number of piperazine rings is 1. The van der Waals surface area contributed by atoms with Crippen molar-refractivity contribution in [3.8, 4) is 5.75 Å². The van der Waals surface area contributed by atoms with Gasteiger partial charge in [-0.1, -0.05) is 0 Å². The summed E-state index contributed by atoms with van der Waals surface area (Å²) < 4.78 is 12.8. The topological polar surface area (TPSA) is 117 Å². The van der Waals surface area contributed by atoms with E-state index < -0.39 is 11.1 Å². The second kappa shape index (κ2) is 9.58. The lowest BCUT2D eigenvalue weighted by Gasteiger charge is -2.48. The van der Waals surface area contributed by atoms with Gasteiger partial charge in [0.05, 0.1) is 24.5 Å². The first-order valence-corrected chi connectivity index (χ1v) is 13.1. The van der Waals surface area contributed by atoms with Gasteiger partial charge >= 0.3 is 12.1 Å². The summed E-state index contributed by atoms with van der Waals surface area (Å²) >= 11 is 0. The van der Waals surface area contributed by atoms with Gasteiger partial charge in [0.2, 0.25) is 0 Å². The Kier molecular flexibility index (Phi) is 6.51. The Bertz CT molecular complexity index is 1430. The van der Waals surface area contributed by atoms with E-state index in [2.05, 4.69) is 25.3 Å². The summed E-state index contributed by atoms with van der Waals surface area (Å²) in [5, 5.41) is 7.27. The van der Waals surface area contributed by atoms with Crippen molar-refractivity contribution < 1.29 is 19.1 Å². The van der Waals surface area contributed by atoms with Crippen LogP contribution in [0.15, 0.2) is 24.5 Å². The third-order valence-corrected chi connectivity index (χ3v) is 6.95. The van der Waals surface area contributed by atoms with Crippen LogP contribution >= 0.6 is 0 Å². The molecule has 0 unspecified atom stereocenters. The number of aryl methyl sites for hydroxylation is 1. The Labute approximate surface area is 227 Å². The fourth-order valence-corrected chi connectivity index (χ4v) is 5.25. The lowest BCUT2D eigenvalue weighted by Crippen LogP contribution is -2.62. The number of pyridine rings is 2. The Morgan fingerprint density at radius 1 is 1.15 bits per heavy atom. The van der Waals surface area contributed by atoms with Crippen molar-refractivity contribution in [2.24, 2.45) is 0 Å². The maximum Gasteiger partial charge on any atom is 0.410 e. The summed E-state index contributed by atoms with van der Waals surface area (Å²) in [6.45, 7) is 13.8. The molecule has 3 aromatic rings. The highest BCUT2D eigenvalue weighted by Crippen LogP contribution is 2.37. The normalized spacial score (nSPS) is 16.8. The number of anilines is 3. The molecule has 1 N–H and O–H groups in total. The van der Waals surface area contributed by atoms with Gasteiger partial charge in [-0.2, -0.15) is 5.10 Å². The molecule has 2 aliphatic rings. The first kappa shape index (κ1) is 26.5. The Balaban J connectivity index is 1.35. The number of ether oxygens (including phenoxy) is 2. The van der Waals surface area contributed by atoms with Crippen LogP contribution in [0.25, 0.3) is 5.65 Å². The minimum Gasteiger partial charge on any atom is -0.493 e. The zero-order valence-corrected chi connectivity index (χ0v) is 23.6. The van der Waals surface area contributed by atoms with Crippen molar-refractivity contribution in [1.82, 2.24) is 24.5 Å². The molecular formula is C27H36N8O4. The number of hydrogen-bond donors (Lipinski definition) is 1. The van der Waals surface area contributed by atoms with Gasteiger partial charge in [0.15, 0.2) is 11.4 Å². The van der Waals surface area contributed by atoms with E-state index >= 15 is 0 Å². The number of nitrogens with one attached hydrogen (secondary N) is 1. The second-order valence-corrected chi connectivity index (χ2v) is 11.5. The third kappa shape index (κ3) is 5.15. The third-order valence-electron chi connectivity index (χ3n) is 6.95. The largest absolute Gasteiger partial charge is 0.493 e. The van der Waals surface area contributed by atoms with Gasteiger partial charge in [0.25, 0.3) is 0 Å². The number of aromatic nitrogens is 4. The van der Waals surface area contributed by atoms with Gasteiger partial charge in [0.1, 0.15) is 17.2 Å². The van der Waals surface area contributed by atoms with Crippen LogP contribution in [0.1, 0.15) is 46.0 Å². The standard InChI is InChI=1S/C27H36N8O4/c1-17-29-22-14-19(21(38-7)15-35(22)31-17)30-24(36)33-11-9-18-20(8-10-28-23(18)33)32-12-13-34(27(5,6)16-32)25(37)39-26(2,3)4/h8,10,14-15H,9,11-13,16H2,1-7H3,(H,30,36). The molecule has 0 spiro atoms. The second-order valence-electron chi connectivity index (χ2n) is 11.5. The lowest BCUT2D eigenvalue weighted by molar-refractivity contribution is 0.000363. The predicted octanol–water partition coefficient (Wildman–Crippen LogP) is 3.87. The van der Waals surface area contributed by atoms with Crippen LogP contribution in [-0.4, -0.2) is 81.0 Å². The quantitative estimate of drug-likeness (QED) is 0.536. The number of urea groups is 1. The maximum atomic E-state index is 13.4. The summed E-state index contributed by atoms with van der Waals surface area (Å²) in [6, 6.07) is 3.43. The fraction of sp³-hybridized carbons (Fsp3) is 0.519. The van der Waals surface area contributed by atoms with Crippen molar-refractivity contribution in [2.75, 3.05) is 48.4 Å². The van der Waals surface area contributed by atoms with Gasteiger partial charge in [0, 0.05) is 49.7 Å². The first-order chi connectivity index (χ1) is 18.4. The van der Waals surface area contributed by atoms with Crippen molar-refractivity contribution in [1.29, 1.82) is 0 Å². The van der Waals surface area contributed by atoms with Crippen LogP contribution in [-0.2, 0) is 11.2 Å². The number of methoxy groups -OCH3 is 1. The molecule has 1 saturated heterocycles. The molecule has 208 valence electrons. The molecule has 0 saturated carbocycles. The fourth-order valence-electron chi connectivity index (χ4n) is 5.25. The Morgan fingerprint density at radius 2 is 1.92 bits per heavy atom. The summed E-state index contributed by atoms with van der Waals surface area (Å²) in [7, 11) is 1.55.